The number of likely N-dealkylation sites (tertiary alicyclic amines) is 1. The zero-order valence-electron chi connectivity index (χ0n) is 17.1. The van der Waals surface area contributed by atoms with E-state index in [2.05, 4.69) is 27.8 Å². The summed E-state index contributed by atoms with van der Waals surface area (Å²) in [4.78, 5) is 17.8. The van der Waals surface area contributed by atoms with Crippen molar-refractivity contribution in [2.24, 2.45) is 5.92 Å². The number of rotatable bonds is 8. The van der Waals surface area contributed by atoms with Gasteiger partial charge in [-0.15, -0.1) is 0 Å². The molecular weight excluding hydrogens is 388 g/mol. The van der Waals surface area contributed by atoms with Gasteiger partial charge in [-0.25, -0.2) is 0 Å². The summed E-state index contributed by atoms with van der Waals surface area (Å²) >= 11 is 6.28. The summed E-state index contributed by atoms with van der Waals surface area (Å²) in [6, 6.07) is 2.27. The SMILES string of the molecule is [C-]#[N+]c1c(Cl)c[n+](CCCC)n1CC1CCC(NCC(=O)N2CCC[C@H]2C#N)C1. The van der Waals surface area contributed by atoms with Gasteiger partial charge in [0.1, 0.15) is 17.6 Å². The molecule has 2 fully saturated rings. The van der Waals surface area contributed by atoms with E-state index in [9.17, 15) is 4.79 Å². The molecule has 2 unspecified atom stereocenters. The predicted molar refractivity (Wildman–Crippen MR) is 110 cm³/mol. The Morgan fingerprint density at radius 2 is 2.31 bits per heavy atom. The van der Waals surface area contributed by atoms with E-state index in [1.165, 1.54) is 0 Å². The number of hydrogen-bond acceptors (Lipinski definition) is 3. The lowest BCUT2D eigenvalue weighted by atomic mass is 10.1. The quantitative estimate of drug-likeness (QED) is 0.522. The smallest absolute Gasteiger partial charge is 0.308 e. The van der Waals surface area contributed by atoms with Crippen molar-refractivity contribution in [3.8, 4) is 6.07 Å². The van der Waals surface area contributed by atoms with Crippen LogP contribution in [0.4, 0.5) is 5.82 Å². The van der Waals surface area contributed by atoms with Crippen molar-refractivity contribution < 1.29 is 9.48 Å². The minimum atomic E-state index is -0.260. The first kappa shape index (κ1) is 21.6. The van der Waals surface area contributed by atoms with Crippen molar-refractivity contribution in [3.63, 3.8) is 0 Å². The molecule has 1 aliphatic carbocycles. The Bertz CT molecular complexity index is 807. The van der Waals surface area contributed by atoms with Gasteiger partial charge in [0.05, 0.1) is 12.6 Å². The molecule has 0 bridgehead atoms. The van der Waals surface area contributed by atoms with Gasteiger partial charge in [0.2, 0.25) is 12.1 Å². The molecule has 1 N–H and O–H groups in total. The highest BCUT2D eigenvalue weighted by molar-refractivity contribution is 6.32. The summed E-state index contributed by atoms with van der Waals surface area (Å²) in [6.45, 7) is 12.3. The van der Waals surface area contributed by atoms with E-state index in [-0.39, 0.29) is 11.9 Å². The van der Waals surface area contributed by atoms with Crippen LogP contribution in [0.5, 0.6) is 0 Å². The minimum absolute atomic E-state index is 0.0300. The highest BCUT2D eigenvalue weighted by atomic mass is 35.5. The van der Waals surface area contributed by atoms with Crippen molar-refractivity contribution >= 4 is 23.3 Å². The van der Waals surface area contributed by atoms with Crippen LogP contribution in [0.25, 0.3) is 4.85 Å². The number of unbranched alkanes of at least 4 members (excludes halogenated alkanes) is 1. The van der Waals surface area contributed by atoms with E-state index >= 15 is 0 Å². The molecule has 156 valence electrons. The number of amides is 1. The maximum Gasteiger partial charge on any atom is 0.308 e. The zero-order valence-corrected chi connectivity index (χ0v) is 17.9. The molecule has 1 amide bonds. The van der Waals surface area contributed by atoms with Crippen LogP contribution in [0.3, 0.4) is 0 Å². The molecule has 1 aromatic heterocycles. The van der Waals surface area contributed by atoms with Crippen LogP contribution in [0.1, 0.15) is 51.9 Å². The molecule has 1 aliphatic heterocycles. The summed E-state index contributed by atoms with van der Waals surface area (Å²) in [6.07, 6.45) is 8.79. The molecule has 3 atom stereocenters. The number of aromatic nitrogens is 2. The fourth-order valence-corrected chi connectivity index (χ4v) is 4.77. The van der Waals surface area contributed by atoms with E-state index < -0.39 is 0 Å². The molecule has 2 heterocycles. The fraction of sp³-hybridized carbons (Fsp3) is 0.714. The van der Waals surface area contributed by atoms with Crippen molar-refractivity contribution in [2.75, 3.05) is 13.1 Å². The normalized spacial score (nSPS) is 23.9. The average Bonchev–Trinajstić information content (AvgIpc) is 3.43. The number of carbonyl (C=O) groups excluding carboxylic acids is 1. The van der Waals surface area contributed by atoms with Crippen LogP contribution < -0.4 is 10.00 Å². The highest BCUT2D eigenvalue weighted by Gasteiger charge is 2.33. The van der Waals surface area contributed by atoms with Crippen LogP contribution in [0.15, 0.2) is 6.20 Å². The third-order valence-corrected chi connectivity index (χ3v) is 6.38. The first-order valence-corrected chi connectivity index (χ1v) is 11.0. The average molecular weight is 418 g/mol. The third kappa shape index (κ3) is 5.10. The molecule has 3 rings (SSSR count). The van der Waals surface area contributed by atoms with Gasteiger partial charge in [-0.05, 0) is 38.5 Å². The molecule has 8 heteroatoms. The van der Waals surface area contributed by atoms with Gasteiger partial charge in [0, 0.05) is 24.9 Å². The minimum Gasteiger partial charge on any atom is -0.358 e. The van der Waals surface area contributed by atoms with E-state index in [4.69, 9.17) is 23.4 Å². The second-order valence-electron chi connectivity index (χ2n) is 8.14. The number of aryl methyl sites for hydroxylation is 1. The van der Waals surface area contributed by atoms with Gasteiger partial charge < -0.3 is 15.1 Å². The second kappa shape index (κ2) is 10.1. The Morgan fingerprint density at radius 1 is 1.48 bits per heavy atom. The first-order chi connectivity index (χ1) is 14.1. The Balaban J connectivity index is 1.53. The standard InChI is InChI=1S/C21H30ClN6O/c1-3-4-9-26-15-19(22)21(24-2)28(26)14-16-7-8-17(11-16)25-13-20(29)27-10-5-6-18(27)12-23/h15-18,25H,3-11,13-14H2,1H3/q+1/t16?,17?,18-/m0/s1. The number of nitrogens with one attached hydrogen (secondary N) is 1. The summed E-state index contributed by atoms with van der Waals surface area (Å²) in [5.74, 6) is 1.01. The lowest BCUT2D eigenvalue weighted by Crippen LogP contribution is -2.44. The van der Waals surface area contributed by atoms with E-state index in [1.54, 1.807) is 4.90 Å². The number of hydrogen-bond donors (Lipinski definition) is 1. The number of nitrogens with zero attached hydrogens (tertiary/aromatic N) is 5. The van der Waals surface area contributed by atoms with Crippen LogP contribution in [-0.4, -0.2) is 40.7 Å². The van der Waals surface area contributed by atoms with E-state index in [1.807, 2.05) is 10.9 Å². The van der Waals surface area contributed by atoms with Gasteiger partial charge in [0.25, 0.3) is 0 Å². The maximum atomic E-state index is 12.4. The zero-order chi connectivity index (χ0) is 20.8. The molecule has 0 spiro atoms. The Labute approximate surface area is 178 Å². The van der Waals surface area contributed by atoms with Crippen LogP contribution >= 0.6 is 11.6 Å². The van der Waals surface area contributed by atoms with Crippen LogP contribution in [0, 0.1) is 23.8 Å². The fourth-order valence-electron chi connectivity index (χ4n) is 4.51. The summed E-state index contributed by atoms with van der Waals surface area (Å²) in [5.41, 5.74) is 0. The number of halogens is 1. The van der Waals surface area contributed by atoms with Gasteiger partial charge in [-0.2, -0.15) is 5.26 Å². The topological polar surface area (TPSA) is 69.3 Å². The highest BCUT2D eigenvalue weighted by Crippen LogP contribution is 2.30. The monoisotopic (exact) mass is 417 g/mol. The molecule has 1 saturated heterocycles. The third-order valence-electron chi connectivity index (χ3n) is 6.11. The van der Waals surface area contributed by atoms with Crippen molar-refractivity contribution in [2.45, 2.75) is 77.0 Å². The first-order valence-electron chi connectivity index (χ1n) is 10.7. The molecule has 0 radical (unpaired) electrons. The Kier molecular flexibility index (Phi) is 7.52. The molecule has 0 aromatic carbocycles. The molecule has 1 aromatic rings. The molecular formula is C21H30ClN6O+. The summed E-state index contributed by atoms with van der Waals surface area (Å²) in [7, 11) is 0. The Hall–Kier alpha value is -2.09. The van der Waals surface area contributed by atoms with Gasteiger partial charge in [-0.1, -0.05) is 34.5 Å². The lowest BCUT2D eigenvalue weighted by molar-refractivity contribution is -0.775. The van der Waals surface area contributed by atoms with Gasteiger partial charge in [0.15, 0.2) is 6.54 Å². The van der Waals surface area contributed by atoms with Gasteiger partial charge >= 0.3 is 5.82 Å². The van der Waals surface area contributed by atoms with Crippen LogP contribution in [0.2, 0.25) is 5.02 Å². The Morgan fingerprint density at radius 3 is 3.03 bits per heavy atom. The predicted octanol–water partition coefficient (Wildman–Crippen LogP) is 3.05. The van der Waals surface area contributed by atoms with Crippen LogP contribution in [-0.2, 0) is 17.9 Å². The maximum absolute atomic E-state index is 12.4. The van der Waals surface area contributed by atoms with E-state index in [0.29, 0.717) is 35.9 Å². The number of carbonyl (C=O) groups is 1. The van der Waals surface area contributed by atoms with Crippen molar-refractivity contribution in [3.05, 3.63) is 22.6 Å². The summed E-state index contributed by atoms with van der Waals surface area (Å²) in [5, 5.41) is 13.1. The molecule has 29 heavy (non-hydrogen) atoms. The second-order valence-corrected chi connectivity index (χ2v) is 8.55. The number of nitriles is 1. The summed E-state index contributed by atoms with van der Waals surface area (Å²) < 4.78 is 4.11. The molecule has 1 saturated carbocycles. The van der Waals surface area contributed by atoms with Crippen molar-refractivity contribution in [1.29, 1.82) is 5.26 Å². The van der Waals surface area contributed by atoms with E-state index in [0.717, 1.165) is 58.0 Å². The van der Waals surface area contributed by atoms with Gasteiger partial charge in [-0.3, -0.25) is 4.79 Å². The molecule has 7 nitrogen and oxygen atoms in total. The largest absolute Gasteiger partial charge is 0.358 e. The molecule has 2 aliphatic rings. The van der Waals surface area contributed by atoms with Crippen molar-refractivity contribution in [1.82, 2.24) is 14.9 Å². The lowest BCUT2D eigenvalue weighted by Gasteiger charge is -2.21.